The smallest absolute Gasteiger partial charge is 0.406 e. The molecular weight excluding hydrogens is 681 g/mol. The molecule has 0 aliphatic carbocycles. The number of nitrogens with one attached hydrogen (secondary N) is 3. The second kappa shape index (κ2) is 21.9. The molecule has 1 aromatic heterocycles. The van der Waals surface area contributed by atoms with Gasteiger partial charge in [-0.2, -0.15) is 18.1 Å². The van der Waals surface area contributed by atoms with E-state index < -0.39 is 12.7 Å². The second-order valence-electron chi connectivity index (χ2n) is 12.4. The average molecular weight is 731 g/mol. The first-order valence-corrected chi connectivity index (χ1v) is 17.6. The van der Waals surface area contributed by atoms with E-state index in [-0.39, 0.29) is 31.5 Å². The molecule has 4 rings (SSSR count). The molecule has 15 heteroatoms. The first-order valence-electron chi connectivity index (χ1n) is 17.6. The molecule has 0 bridgehead atoms. The fraction of sp³-hybridized carbons (Fsp3) is 0.541. The Hall–Kier alpha value is -4.36. The van der Waals surface area contributed by atoms with Crippen LogP contribution in [0.15, 0.2) is 53.7 Å². The van der Waals surface area contributed by atoms with E-state index in [4.69, 9.17) is 18.9 Å². The Bertz CT molecular complexity index is 1580. The van der Waals surface area contributed by atoms with Gasteiger partial charge >= 0.3 is 6.18 Å². The van der Waals surface area contributed by atoms with Crippen molar-refractivity contribution in [1.82, 2.24) is 14.8 Å². The monoisotopic (exact) mass is 730 g/mol. The predicted octanol–water partition coefficient (Wildman–Crippen LogP) is 5.26. The summed E-state index contributed by atoms with van der Waals surface area (Å²) in [6, 6.07) is 14.8. The van der Waals surface area contributed by atoms with Crippen molar-refractivity contribution in [3.05, 3.63) is 59.1 Å². The quantitative estimate of drug-likeness (QED) is 0.0721. The van der Waals surface area contributed by atoms with Gasteiger partial charge in [0, 0.05) is 35.8 Å². The van der Waals surface area contributed by atoms with Crippen LogP contribution in [0.1, 0.15) is 31.4 Å². The van der Waals surface area contributed by atoms with E-state index in [9.17, 15) is 22.9 Å². The molecule has 0 spiro atoms. The van der Waals surface area contributed by atoms with Gasteiger partial charge in [-0.1, -0.05) is 17.2 Å². The second-order valence-corrected chi connectivity index (χ2v) is 12.4. The third kappa shape index (κ3) is 14.7. The highest BCUT2D eigenvalue weighted by atomic mass is 19.4. The molecule has 1 aliphatic heterocycles. The van der Waals surface area contributed by atoms with E-state index in [1.807, 2.05) is 30.3 Å². The topological polar surface area (TPSA) is 128 Å². The van der Waals surface area contributed by atoms with Crippen molar-refractivity contribution in [2.45, 2.75) is 44.4 Å². The van der Waals surface area contributed by atoms with Crippen molar-refractivity contribution in [3.8, 4) is 17.6 Å². The third-order valence-corrected chi connectivity index (χ3v) is 8.28. The lowest BCUT2D eigenvalue weighted by atomic mass is 10.0. The van der Waals surface area contributed by atoms with Gasteiger partial charge in [0.05, 0.1) is 63.9 Å². The maximum Gasteiger partial charge on any atom is 0.406 e. The summed E-state index contributed by atoms with van der Waals surface area (Å²) < 4.78 is 64.1. The van der Waals surface area contributed by atoms with E-state index in [1.165, 1.54) is 4.57 Å². The number of nitrogens with zero attached hydrogens (tertiary/aromatic N) is 3. The van der Waals surface area contributed by atoms with Crippen LogP contribution in [0.4, 0.5) is 24.5 Å². The largest absolute Gasteiger partial charge is 0.491 e. The standard InChI is InChI=1S/C37H49F3N6O6/c1-45-18-13-30(14-19-45)44-34-6-2-7-35-33(34)27-31(46(35)28-37(38,39)40)5-3-15-41-29-9-11-32(12-10-29)52-26-25-51-24-23-50-22-21-49-20-17-42-36(47)8-4-16-43-48/h2,6-7,9-12,27,30,41,44H,4,8,13-26,28H2,1H3,(H,42,47). The molecule has 1 saturated heterocycles. The summed E-state index contributed by atoms with van der Waals surface area (Å²) in [5.41, 5.74) is 2.45. The molecule has 2 aromatic carbocycles. The molecular formula is C37H49F3N6O6. The number of hydrogen-bond donors (Lipinski definition) is 3. The predicted molar refractivity (Wildman–Crippen MR) is 195 cm³/mol. The Labute approximate surface area is 302 Å². The Morgan fingerprint density at radius 1 is 0.962 bits per heavy atom. The number of piperidine rings is 1. The first kappa shape index (κ1) is 40.4. The van der Waals surface area contributed by atoms with Crippen molar-refractivity contribution >= 4 is 28.2 Å². The number of alkyl halides is 3. The Morgan fingerprint density at radius 3 is 2.35 bits per heavy atom. The number of hydrogen-bond acceptors (Lipinski definition) is 10. The number of halogens is 3. The molecule has 2 heterocycles. The van der Waals surface area contributed by atoms with Gasteiger partial charge in [-0.05, 0) is 87.8 Å². The summed E-state index contributed by atoms with van der Waals surface area (Å²) in [6.45, 7) is 4.38. The number of amides is 1. The Kier molecular flexibility index (Phi) is 17.0. The summed E-state index contributed by atoms with van der Waals surface area (Å²) in [4.78, 5) is 23.8. The van der Waals surface area contributed by atoms with Crippen LogP contribution in [0.2, 0.25) is 0 Å². The van der Waals surface area contributed by atoms with Crippen LogP contribution in [0.3, 0.4) is 0 Å². The highest BCUT2D eigenvalue weighted by Crippen LogP contribution is 2.31. The van der Waals surface area contributed by atoms with Crippen molar-refractivity contribution < 1.29 is 36.9 Å². The summed E-state index contributed by atoms with van der Waals surface area (Å²) >= 11 is 0. The van der Waals surface area contributed by atoms with Crippen LogP contribution < -0.4 is 20.7 Å². The zero-order valence-corrected chi connectivity index (χ0v) is 29.6. The molecule has 0 unspecified atom stereocenters. The highest BCUT2D eigenvalue weighted by molar-refractivity contribution is 5.94. The number of rotatable bonds is 22. The summed E-state index contributed by atoms with van der Waals surface area (Å²) in [6.07, 6.45) is -1.72. The van der Waals surface area contributed by atoms with Crippen LogP contribution in [0, 0.1) is 16.7 Å². The van der Waals surface area contributed by atoms with Gasteiger partial charge in [0.15, 0.2) is 0 Å². The summed E-state index contributed by atoms with van der Waals surface area (Å²) in [7, 11) is 2.09. The molecule has 3 N–H and O–H groups in total. The van der Waals surface area contributed by atoms with E-state index in [2.05, 4.69) is 44.9 Å². The lowest BCUT2D eigenvalue weighted by Gasteiger charge is -2.30. The molecule has 0 radical (unpaired) electrons. The number of aromatic nitrogens is 1. The van der Waals surface area contributed by atoms with E-state index >= 15 is 0 Å². The van der Waals surface area contributed by atoms with E-state index in [0.717, 1.165) is 42.7 Å². The maximum absolute atomic E-state index is 13.6. The molecule has 52 heavy (non-hydrogen) atoms. The minimum absolute atomic E-state index is 0.128. The molecule has 1 fully saturated rings. The highest BCUT2D eigenvalue weighted by Gasteiger charge is 2.30. The molecule has 284 valence electrons. The molecule has 0 atom stereocenters. The number of carbonyl (C=O) groups is 1. The van der Waals surface area contributed by atoms with Crippen LogP contribution in [-0.2, 0) is 25.5 Å². The first-order chi connectivity index (χ1) is 25.2. The number of ether oxygens (including phenoxy) is 4. The minimum atomic E-state index is -4.39. The summed E-state index contributed by atoms with van der Waals surface area (Å²) in [5, 5.41) is 12.9. The van der Waals surface area contributed by atoms with E-state index in [0.29, 0.717) is 76.2 Å². The Morgan fingerprint density at radius 2 is 1.65 bits per heavy atom. The number of benzene rings is 2. The van der Waals surface area contributed by atoms with Crippen LogP contribution >= 0.6 is 0 Å². The molecule has 0 saturated carbocycles. The zero-order chi connectivity index (χ0) is 37.0. The van der Waals surface area contributed by atoms with Gasteiger partial charge < -0.3 is 44.4 Å². The fourth-order valence-electron chi connectivity index (χ4n) is 5.60. The van der Waals surface area contributed by atoms with Crippen molar-refractivity contribution in [2.75, 3.05) is 96.7 Å². The Balaban J connectivity index is 1.12. The molecule has 1 amide bonds. The van der Waals surface area contributed by atoms with Crippen LogP contribution in [0.5, 0.6) is 5.75 Å². The van der Waals surface area contributed by atoms with Crippen molar-refractivity contribution in [2.24, 2.45) is 5.18 Å². The van der Waals surface area contributed by atoms with Crippen LogP contribution in [-0.4, -0.2) is 114 Å². The number of fused-ring (bicyclic) bond motifs is 1. The van der Waals surface area contributed by atoms with Crippen LogP contribution in [0.25, 0.3) is 10.9 Å². The molecule has 12 nitrogen and oxygen atoms in total. The molecule has 3 aromatic rings. The SMILES string of the molecule is CN1CCC(Nc2cccc3c2cc(C#CCNc2ccc(OCCOCCOCCOCCNC(=O)CCCN=O)cc2)n3CC(F)(F)F)CC1. The number of nitroso groups, excluding NO2 is 1. The van der Waals surface area contributed by atoms with Gasteiger partial charge in [0.1, 0.15) is 18.9 Å². The average Bonchev–Trinajstić information content (AvgIpc) is 3.46. The lowest BCUT2D eigenvalue weighted by Crippen LogP contribution is -2.36. The number of anilines is 2. The summed E-state index contributed by atoms with van der Waals surface area (Å²) in [5.74, 6) is 6.48. The van der Waals surface area contributed by atoms with E-state index in [1.54, 1.807) is 18.2 Å². The van der Waals surface area contributed by atoms with Gasteiger partial charge in [-0.15, -0.1) is 0 Å². The van der Waals surface area contributed by atoms with Gasteiger partial charge in [0.2, 0.25) is 5.91 Å². The van der Waals surface area contributed by atoms with Crippen molar-refractivity contribution in [1.29, 1.82) is 0 Å². The normalized spacial score (nSPS) is 13.8. The third-order valence-electron chi connectivity index (χ3n) is 8.28. The molecule has 1 aliphatic rings. The van der Waals surface area contributed by atoms with Crippen molar-refractivity contribution in [3.63, 3.8) is 0 Å². The number of likely N-dealkylation sites (tertiary alicyclic amines) is 1. The van der Waals surface area contributed by atoms with Gasteiger partial charge in [0.25, 0.3) is 0 Å². The zero-order valence-electron chi connectivity index (χ0n) is 29.6. The van der Waals surface area contributed by atoms with Gasteiger partial charge in [-0.3, -0.25) is 4.79 Å². The van der Waals surface area contributed by atoms with Gasteiger partial charge in [-0.25, -0.2) is 0 Å². The maximum atomic E-state index is 13.6. The fourth-order valence-corrected chi connectivity index (χ4v) is 5.60. The minimum Gasteiger partial charge on any atom is -0.491 e. The number of carbonyl (C=O) groups excluding carboxylic acids is 1. The lowest BCUT2D eigenvalue weighted by molar-refractivity contribution is -0.140.